The number of likely N-dealkylation sites (tertiary alicyclic amines) is 1. The Balaban J connectivity index is 1.76. The van der Waals surface area contributed by atoms with E-state index in [0.717, 1.165) is 19.3 Å². The molecule has 3 aromatic rings. The number of piperidine rings is 1. The van der Waals surface area contributed by atoms with Crippen LogP contribution in [0.1, 0.15) is 33.1 Å². The summed E-state index contributed by atoms with van der Waals surface area (Å²) in [6.45, 7) is 4.01. The first-order valence-corrected chi connectivity index (χ1v) is 9.75. The van der Waals surface area contributed by atoms with Crippen molar-refractivity contribution in [3.63, 3.8) is 0 Å². The number of aromatic nitrogens is 4. The van der Waals surface area contributed by atoms with Crippen LogP contribution in [0.3, 0.4) is 0 Å². The lowest BCUT2D eigenvalue weighted by Gasteiger charge is -2.39. The fraction of sp³-hybridized carbons (Fsp3) is 0.500. The molecule has 2 aromatic heterocycles. The van der Waals surface area contributed by atoms with Crippen LogP contribution in [-0.2, 0) is 11.3 Å². The minimum Gasteiger partial charge on any atom is -0.493 e. The lowest BCUT2D eigenvalue weighted by atomic mass is 9.97. The number of nitrogens with zero attached hydrogens (tertiary/aromatic N) is 5. The van der Waals surface area contributed by atoms with Gasteiger partial charge in [-0.1, -0.05) is 0 Å². The Labute approximate surface area is 167 Å². The average Bonchev–Trinajstić information content (AvgIpc) is 3.02. The zero-order chi connectivity index (χ0) is 20.7. The Hall–Kier alpha value is -3.10. The van der Waals surface area contributed by atoms with E-state index >= 15 is 0 Å². The van der Waals surface area contributed by atoms with E-state index in [2.05, 4.69) is 23.9 Å². The van der Waals surface area contributed by atoms with Crippen LogP contribution in [0.4, 0.5) is 0 Å². The van der Waals surface area contributed by atoms with Crippen LogP contribution >= 0.6 is 0 Å². The highest BCUT2D eigenvalue weighted by Crippen LogP contribution is 2.32. The van der Waals surface area contributed by atoms with Gasteiger partial charge in [-0.25, -0.2) is 18.9 Å². The number of benzene rings is 1. The van der Waals surface area contributed by atoms with Crippen LogP contribution < -0.4 is 15.2 Å². The van der Waals surface area contributed by atoms with Gasteiger partial charge in [0.15, 0.2) is 17.1 Å². The van der Waals surface area contributed by atoms with Gasteiger partial charge in [-0.05, 0) is 39.2 Å². The maximum absolute atomic E-state index is 12.9. The smallest absolute Gasteiger partial charge is 0.352 e. The SMILES string of the molecule is COc1cc2ncn3c(=O)n(CC(=O)N4[C@H](C)CCC[C@H]4C)nc3c2cc1OC. The summed E-state index contributed by atoms with van der Waals surface area (Å²) in [7, 11) is 3.09. The molecule has 0 unspecified atom stereocenters. The van der Waals surface area contributed by atoms with E-state index < -0.39 is 5.69 Å². The van der Waals surface area contributed by atoms with E-state index in [1.807, 2.05) is 4.90 Å². The summed E-state index contributed by atoms with van der Waals surface area (Å²) in [6, 6.07) is 3.81. The van der Waals surface area contributed by atoms with Crippen LogP contribution in [0.5, 0.6) is 11.5 Å². The van der Waals surface area contributed by atoms with Gasteiger partial charge in [0.2, 0.25) is 5.91 Å². The fourth-order valence-electron chi connectivity index (χ4n) is 4.21. The summed E-state index contributed by atoms with van der Waals surface area (Å²) >= 11 is 0. The Bertz CT molecular complexity index is 1130. The van der Waals surface area contributed by atoms with Crippen molar-refractivity contribution in [2.45, 2.75) is 51.7 Å². The predicted octanol–water partition coefficient (Wildman–Crippen LogP) is 1.85. The minimum atomic E-state index is -0.394. The van der Waals surface area contributed by atoms with Crippen LogP contribution in [0.15, 0.2) is 23.3 Å². The largest absolute Gasteiger partial charge is 0.493 e. The van der Waals surface area contributed by atoms with E-state index in [1.54, 1.807) is 26.4 Å². The Kier molecular flexibility index (Phi) is 4.89. The maximum atomic E-state index is 12.9. The fourth-order valence-corrected chi connectivity index (χ4v) is 4.21. The first-order chi connectivity index (χ1) is 13.9. The third-order valence-electron chi connectivity index (χ3n) is 5.69. The second-order valence-corrected chi connectivity index (χ2v) is 7.53. The molecule has 0 aliphatic carbocycles. The van der Waals surface area contributed by atoms with E-state index in [9.17, 15) is 9.59 Å². The molecule has 1 saturated heterocycles. The average molecular weight is 399 g/mol. The standard InChI is InChI=1S/C20H25N5O4/c1-12-6-5-7-13(2)25(12)18(26)10-24-20(27)23-11-21-15-9-17(29-4)16(28-3)8-14(15)19(23)22-24/h8-9,11-13H,5-7,10H2,1-4H3/t12-,13-/m1/s1. The molecule has 1 aromatic carbocycles. The van der Waals surface area contributed by atoms with Crippen molar-refractivity contribution in [3.05, 3.63) is 28.9 Å². The second kappa shape index (κ2) is 7.38. The first-order valence-electron chi connectivity index (χ1n) is 9.75. The summed E-state index contributed by atoms with van der Waals surface area (Å²) in [5.41, 5.74) is 0.653. The van der Waals surface area contributed by atoms with Crippen LogP contribution in [0, 0.1) is 0 Å². The number of carbonyl (C=O) groups is 1. The number of methoxy groups -OCH3 is 2. The first kappa shape index (κ1) is 19.2. The zero-order valence-corrected chi connectivity index (χ0v) is 17.1. The molecule has 154 valence electrons. The predicted molar refractivity (Wildman–Crippen MR) is 107 cm³/mol. The topological polar surface area (TPSA) is 91.0 Å². The zero-order valence-electron chi connectivity index (χ0n) is 17.1. The lowest BCUT2D eigenvalue weighted by molar-refractivity contribution is -0.138. The third-order valence-corrected chi connectivity index (χ3v) is 5.69. The third kappa shape index (κ3) is 3.20. The molecule has 3 heterocycles. The molecule has 4 rings (SSSR count). The van der Waals surface area contributed by atoms with Crippen molar-refractivity contribution in [1.29, 1.82) is 0 Å². The molecule has 9 heteroatoms. The lowest BCUT2D eigenvalue weighted by Crippen LogP contribution is -2.49. The molecule has 0 saturated carbocycles. The van der Waals surface area contributed by atoms with Crippen molar-refractivity contribution in [2.75, 3.05) is 14.2 Å². The molecule has 1 amide bonds. The molecule has 0 radical (unpaired) electrons. The summed E-state index contributed by atoms with van der Waals surface area (Å²) in [6.07, 6.45) is 4.49. The van der Waals surface area contributed by atoms with Crippen LogP contribution in [-0.4, -0.2) is 56.3 Å². The molecule has 0 spiro atoms. The van der Waals surface area contributed by atoms with Gasteiger partial charge in [-0.3, -0.25) is 4.79 Å². The molecule has 1 aliphatic rings. The van der Waals surface area contributed by atoms with Crippen molar-refractivity contribution in [3.8, 4) is 11.5 Å². The Morgan fingerprint density at radius 2 is 1.79 bits per heavy atom. The van der Waals surface area contributed by atoms with Gasteiger partial charge in [0.05, 0.1) is 19.7 Å². The van der Waals surface area contributed by atoms with Crippen molar-refractivity contribution < 1.29 is 14.3 Å². The van der Waals surface area contributed by atoms with E-state index in [1.165, 1.54) is 15.4 Å². The number of rotatable bonds is 4. The van der Waals surface area contributed by atoms with Gasteiger partial charge in [0.1, 0.15) is 12.9 Å². The summed E-state index contributed by atoms with van der Waals surface area (Å²) < 4.78 is 13.2. The van der Waals surface area contributed by atoms with Gasteiger partial charge in [0.25, 0.3) is 0 Å². The highest BCUT2D eigenvalue weighted by atomic mass is 16.5. The van der Waals surface area contributed by atoms with Gasteiger partial charge in [-0.15, -0.1) is 5.10 Å². The van der Waals surface area contributed by atoms with Crippen molar-refractivity contribution in [1.82, 2.24) is 24.1 Å². The van der Waals surface area contributed by atoms with Gasteiger partial charge in [0, 0.05) is 23.5 Å². The number of amides is 1. The highest BCUT2D eigenvalue weighted by Gasteiger charge is 2.29. The van der Waals surface area contributed by atoms with Crippen LogP contribution in [0.25, 0.3) is 16.6 Å². The summed E-state index contributed by atoms with van der Waals surface area (Å²) in [4.78, 5) is 32.0. The molecular weight excluding hydrogens is 374 g/mol. The molecule has 1 aliphatic heterocycles. The molecule has 2 atom stereocenters. The van der Waals surface area contributed by atoms with Gasteiger partial charge in [-0.2, -0.15) is 0 Å². The normalized spacial score (nSPS) is 19.7. The second-order valence-electron chi connectivity index (χ2n) is 7.53. The summed E-state index contributed by atoms with van der Waals surface area (Å²) in [5, 5.41) is 5.09. The van der Waals surface area contributed by atoms with Crippen LogP contribution in [0.2, 0.25) is 0 Å². The molecular formula is C20H25N5O4. The summed E-state index contributed by atoms with van der Waals surface area (Å²) in [5.74, 6) is 0.970. The van der Waals surface area contributed by atoms with Gasteiger partial charge >= 0.3 is 5.69 Å². The van der Waals surface area contributed by atoms with Crippen molar-refractivity contribution >= 4 is 22.5 Å². The maximum Gasteiger partial charge on any atom is 0.352 e. The monoisotopic (exact) mass is 399 g/mol. The number of hydrogen-bond donors (Lipinski definition) is 0. The molecule has 0 N–H and O–H groups in total. The minimum absolute atomic E-state index is 0.0910. The highest BCUT2D eigenvalue weighted by molar-refractivity contribution is 5.93. The van der Waals surface area contributed by atoms with E-state index in [-0.39, 0.29) is 24.5 Å². The number of hydrogen-bond acceptors (Lipinski definition) is 6. The van der Waals surface area contributed by atoms with Crippen molar-refractivity contribution in [2.24, 2.45) is 0 Å². The number of carbonyl (C=O) groups excluding carboxylic acids is 1. The molecule has 0 bridgehead atoms. The van der Waals surface area contributed by atoms with E-state index in [0.29, 0.717) is 28.0 Å². The number of fused-ring (bicyclic) bond motifs is 3. The molecule has 29 heavy (non-hydrogen) atoms. The number of ether oxygens (including phenoxy) is 2. The Morgan fingerprint density at radius 3 is 2.45 bits per heavy atom. The van der Waals surface area contributed by atoms with Gasteiger partial charge < -0.3 is 14.4 Å². The van der Waals surface area contributed by atoms with E-state index in [4.69, 9.17) is 9.47 Å². The molecule has 1 fully saturated rings. The Morgan fingerprint density at radius 1 is 1.14 bits per heavy atom. The molecule has 9 nitrogen and oxygen atoms in total. The quantitative estimate of drug-likeness (QED) is 0.665.